The maximum absolute atomic E-state index is 5.72. The molecule has 3 atom stereocenters. The lowest BCUT2D eigenvalue weighted by Gasteiger charge is -2.49. The molecule has 3 unspecified atom stereocenters. The summed E-state index contributed by atoms with van der Waals surface area (Å²) in [7, 11) is 1.76. The SMILES string of the molecule is CC[N+](C=C(C)c1ccccc1OC)=C1CCC(C)=C(c2ccc(C3(C(C)C(C)C)CCC3)cc2)C(c2ccccc2)=CC(C)C1C. The maximum atomic E-state index is 5.72. The first-order valence-electron chi connectivity index (χ1n) is 18.1. The van der Waals surface area contributed by atoms with Gasteiger partial charge in [0.05, 0.1) is 7.11 Å². The molecule has 2 aliphatic carbocycles. The number of para-hydroxylation sites is 1. The van der Waals surface area contributed by atoms with E-state index in [1.54, 1.807) is 7.11 Å². The third-order valence-corrected chi connectivity index (χ3v) is 11.7. The maximum Gasteiger partial charge on any atom is 0.172 e. The van der Waals surface area contributed by atoms with Crippen LogP contribution in [0.3, 0.4) is 0 Å². The second kappa shape index (κ2) is 15.1. The van der Waals surface area contributed by atoms with Crippen molar-refractivity contribution in [2.24, 2.45) is 23.7 Å². The normalized spacial score (nSPS) is 22.1. The third kappa shape index (κ3) is 7.13. The van der Waals surface area contributed by atoms with Gasteiger partial charge in [0.25, 0.3) is 0 Å². The van der Waals surface area contributed by atoms with Gasteiger partial charge in [0.15, 0.2) is 11.9 Å². The van der Waals surface area contributed by atoms with Crippen LogP contribution in [0, 0.1) is 23.7 Å². The third-order valence-electron chi connectivity index (χ3n) is 11.7. The highest BCUT2D eigenvalue weighted by Gasteiger charge is 2.44. The van der Waals surface area contributed by atoms with E-state index in [0.717, 1.165) is 30.7 Å². The quantitative estimate of drug-likeness (QED) is 0.215. The Labute approximate surface area is 286 Å². The molecule has 3 aromatic rings. The van der Waals surface area contributed by atoms with E-state index in [0.29, 0.717) is 29.1 Å². The van der Waals surface area contributed by atoms with E-state index < -0.39 is 0 Å². The van der Waals surface area contributed by atoms with Crippen molar-refractivity contribution in [1.29, 1.82) is 0 Å². The summed E-state index contributed by atoms with van der Waals surface area (Å²) in [6, 6.07) is 29.2. The Bertz CT molecular complexity index is 1650. The highest BCUT2D eigenvalue weighted by Crippen LogP contribution is 2.52. The van der Waals surface area contributed by atoms with Crippen molar-refractivity contribution in [1.82, 2.24) is 0 Å². The summed E-state index contributed by atoms with van der Waals surface area (Å²) in [5.74, 6) is 3.04. The molecule has 2 nitrogen and oxygen atoms in total. The van der Waals surface area contributed by atoms with Crippen LogP contribution in [0.25, 0.3) is 16.7 Å². The molecular formula is C45H58NO+. The molecule has 3 aromatic carbocycles. The lowest BCUT2D eigenvalue weighted by molar-refractivity contribution is -0.456. The fraction of sp³-hybridized carbons (Fsp3) is 0.444. The van der Waals surface area contributed by atoms with E-state index in [1.807, 2.05) is 6.07 Å². The topological polar surface area (TPSA) is 12.2 Å². The van der Waals surface area contributed by atoms with Gasteiger partial charge in [-0.1, -0.05) is 125 Å². The van der Waals surface area contributed by atoms with Gasteiger partial charge in [0.1, 0.15) is 12.3 Å². The number of methoxy groups -OCH3 is 1. The van der Waals surface area contributed by atoms with Crippen LogP contribution in [0.5, 0.6) is 5.75 Å². The molecule has 0 N–H and O–H groups in total. The second-order valence-electron chi connectivity index (χ2n) is 14.7. The van der Waals surface area contributed by atoms with Crippen molar-refractivity contribution >= 4 is 22.4 Å². The lowest BCUT2D eigenvalue weighted by Crippen LogP contribution is -2.42. The van der Waals surface area contributed by atoms with E-state index in [-0.39, 0.29) is 0 Å². The number of rotatable bonds is 9. The summed E-state index contributed by atoms with van der Waals surface area (Å²) in [5.41, 5.74) is 12.6. The number of ether oxygens (including phenoxy) is 1. The largest absolute Gasteiger partial charge is 0.496 e. The minimum absolute atomic E-state index is 0.333. The molecule has 248 valence electrons. The Hall–Kier alpha value is -3.65. The van der Waals surface area contributed by atoms with Crippen LogP contribution in [0.4, 0.5) is 0 Å². The first-order chi connectivity index (χ1) is 22.6. The van der Waals surface area contributed by atoms with Gasteiger partial charge < -0.3 is 4.74 Å². The number of allylic oxidation sites excluding steroid dienone is 5. The predicted octanol–water partition coefficient (Wildman–Crippen LogP) is 11.9. The smallest absolute Gasteiger partial charge is 0.172 e. The first kappa shape index (κ1) is 34.7. The van der Waals surface area contributed by atoms with Crippen molar-refractivity contribution in [2.75, 3.05) is 13.7 Å². The molecule has 2 aliphatic rings. The van der Waals surface area contributed by atoms with E-state index in [4.69, 9.17) is 4.74 Å². The molecule has 1 fully saturated rings. The van der Waals surface area contributed by atoms with Gasteiger partial charge >= 0.3 is 0 Å². The van der Waals surface area contributed by atoms with Crippen molar-refractivity contribution in [3.05, 3.63) is 119 Å². The summed E-state index contributed by atoms with van der Waals surface area (Å²) in [5, 5.41) is 0. The van der Waals surface area contributed by atoms with Gasteiger partial charge in [-0.05, 0) is 97.1 Å². The van der Waals surface area contributed by atoms with E-state index in [9.17, 15) is 0 Å². The molecule has 2 heteroatoms. The van der Waals surface area contributed by atoms with Crippen LogP contribution in [0.1, 0.15) is 110 Å². The monoisotopic (exact) mass is 628 g/mol. The molecule has 0 aliphatic heterocycles. The first-order valence-corrected chi connectivity index (χ1v) is 18.1. The van der Waals surface area contributed by atoms with Gasteiger partial charge in [-0.25, -0.2) is 4.58 Å². The summed E-state index contributed by atoms with van der Waals surface area (Å²) >= 11 is 0. The highest BCUT2D eigenvalue weighted by molar-refractivity contribution is 6.06. The summed E-state index contributed by atoms with van der Waals surface area (Å²) in [6.07, 6.45) is 11.0. The summed E-state index contributed by atoms with van der Waals surface area (Å²) < 4.78 is 8.23. The predicted molar refractivity (Wildman–Crippen MR) is 203 cm³/mol. The zero-order chi connectivity index (χ0) is 33.7. The minimum atomic E-state index is 0.333. The summed E-state index contributed by atoms with van der Waals surface area (Å²) in [6.45, 7) is 19.9. The van der Waals surface area contributed by atoms with E-state index >= 15 is 0 Å². The van der Waals surface area contributed by atoms with Crippen molar-refractivity contribution in [2.45, 2.75) is 92.9 Å². The molecule has 5 rings (SSSR count). The Morgan fingerprint density at radius 1 is 0.894 bits per heavy atom. The van der Waals surface area contributed by atoms with Crippen molar-refractivity contribution in [3.63, 3.8) is 0 Å². The Morgan fingerprint density at radius 2 is 1.55 bits per heavy atom. The number of nitrogens with zero attached hydrogens (tertiary/aromatic N) is 1. The lowest BCUT2D eigenvalue weighted by atomic mass is 9.55. The zero-order valence-corrected chi connectivity index (χ0v) is 30.6. The van der Waals surface area contributed by atoms with Gasteiger partial charge in [-0.2, -0.15) is 0 Å². The van der Waals surface area contributed by atoms with Crippen LogP contribution in [-0.4, -0.2) is 23.9 Å². The molecule has 0 radical (unpaired) electrons. The van der Waals surface area contributed by atoms with Crippen LogP contribution in [0.15, 0.2) is 96.7 Å². The number of hydrogen-bond acceptors (Lipinski definition) is 1. The molecular weight excluding hydrogens is 571 g/mol. The molecule has 47 heavy (non-hydrogen) atoms. The zero-order valence-electron chi connectivity index (χ0n) is 30.6. The number of hydrogen-bond donors (Lipinski definition) is 0. The molecule has 0 saturated heterocycles. The average Bonchev–Trinajstić information content (AvgIpc) is 3.11. The van der Waals surface area contributed by atoms with Gasteiger partial charge in [-0.15, -0.1) is 0 Å². The van der Waals surface area contributed by atoms with Gasteiger partial charge in [0, 0.05) is 23.5 Å². The molecule has 0 amide bonds. The standard InChI is InChI=1S/C45H58NO/c1-10-46(30-34(6)40-19-14-15-20-43(40)47-9)42-26-21-32(4)44(41(29-33(5)35(42)7)37-17-12-11-13-18-37)38-22-24-39(25-23-38)45(27-16-28-45)36(8)31(2)3/h11-15,17-20,22-25,29-31,33,35-36H,10,16,21,26-28H2,1-9H3/q+1. The molecule has 0 heterocycles. The fourth-order valence-electron chi connectivity index (χ4n) is 8.18. The average molecular weight is 629 g/mol. The van der Waals surface area contributed by atoms with Crippen molar-refractivity contribution in [3.8, 4) is 5.75 Å². The van der Waals surface area contributed by atoms with Gasteiger partial charge in [0.2, 0.25) is 0 Å². The Balaban J connectivity index is 1.61. The minimum Gasteiger partial charge on any atom is -0.496 e. The van der Waals surface area contributed by atoms with E-state index in [2.05, 4.69) is 145 Å². The van der Waals surface area contributed by atoms with Crippen LogP contribution >= 0.6 is 0 Å². The Kier molecular flexibility index (Phi) is 11.1. The van der Waals surface area contributed by atoms with E-state index in [1.165, 1.54) is 64.0 Å². The van der Waals surface area contributed by atoms with Crippen LogP contribution in [-0.2, 0) is 5.41 Å². The molecule has 0 aromatic heterocycles. The van der Waals surface area contributed by atoms with Crippen LogP contribution in [0.2, 0.25) is 0 Å². The van der Waals surface area contributed by atoms with Crippen LogP contribution < -0.4 is 4.74 Å². The molecule has 1 saturated carbocycles. The fourth-order valence-corrected chi connectivity index (χ4v) is 8.18. The number of benzene rings is 3. The van der Waals surface area contributed by atoms with Gasteiger partial charge in [-0.3, -0.25) is 0 Å². The second-order valence-corrected chi connectivity index (χ2v) is 14.7. The summed E-state index contributed by atoms with van der Waals surface area (Å²) in [4.78, 5) is 0. The molecule has 0 spiro atoms. The molecule has 0 bridgehead atoms. The highest BCUT2D eigenvalue weighted by atomic mass is 16.5. The Morgan fingerprint density at radius 3 is 2.15 bits per heavy atom. The van der Waals surface area contributed by atoms with Crippen molar-refractivity contribution < 1.29 is 9.31 Å².